The van der Waals surface area contributed by atoms with Gasteiger partial charge in [-0.3, -0.25) is 9.59 Å². The molecule has 1 saturated heterocycles. The highest BCUT2D eigenvalue weighted by molar-refractivity contribution is 5.99. The van der Waals surface area contributed by atoms with Gasteiger partial charge < -0.3 is 19.5 Å². The second kappa shape index (κ2) is 10.1. The molecule has 1 atom stereocenters. The Kier molecular flexibility index (Phi) is 7.53. The fourth-order valence-electron chi connectivity index (χ4n) is 3.63. The number of hydrogen-bond donors (Lipinski definition) is 1. The number of nitrogens with one attached hydrogen (secondary N) is 1. The highest BCUT2D eigenvalue weighted by atomic mass is 16.5. The Balaban J connectivity index is 1.70. The number of likely N-dealkylation sites (tertiary alicyclic amines) is 1. The predicted molar refractivity (Wildman–Crippen MR) is 120 cm³/mol. The number of hydrogen-bond acceptors (Lipinski definition) is 6. The number of para-hydroxylation sites is 1. The minimum Gasteiger partial charge on any atom is -0.485 e. The third-order valence-electron chi connectivity index (χ3n) is 5.33. The lowest BCUT2D eigenvalue weighted by atomic mass is 9.97. The largest absolute Gasteiger partial charge is 0.485 e. The highest BCUT2D eigenvalue weighted by Crippen LogP contribution is 2.22. The second-order valence-corrected chi connectivity index (χ2v) is 9.74. The maximum Gasteiger partial charge on any atom is 0.255 e. The SMILES string of the molecule is CC(C)C[C@@H](NC(=O)c1ccccc1OCc1noc(C(C)(C)C)n1)C(=O)N1CCCC1. The summed E-state index contributed by atoms with van der Waals surface area (Å²) in [6, 6.07) is 6.42. The summed E-state index contributed by atoms with van der Waals surface area (Å²) in [4.78, 5) is 32.3. The van der Waals surface area contributed by atoms with Crippen molar-refractivity contribution < 1.29 is 18.8 Å². The zero-order valence-corrected chi connectivity index (χ0v) is 19.7. The van der Waals surface area contributed by atoms with Gasteiger partial charge in [0.15, 0.2) is 6.61 Å². The topological polar surface area (TPSA) is 97.6 Å². The van der Waals surface area contributed by atoms with Gasteiger partial charge in [-0.2, -0.15) is 4.98 Å². The summed E-state index contributed by atoms with van der Waals surface area (Å²) in [7, 11) is 0. The number of benzene rings is 1. The summed E-state index contributed by atoms with van der Waals surface area (Å²) in [5, 5.41) is 6.90. The second-order valence-electron chi connectivity index (χ2n) is 9.74. The molecule has 0 bridgehead atoms. The van der Waals surface area contributed by atoms with E-state index >= 15 is 0 Å². The molecule has 0 radical (unpaired) electrons. The molecule has 1 aromatic heterocycles. The van der Waals surface area contributed by atoms with Crippen LogP contribution >= 0.6 is 0 Å². The molecule has 1 N–H and O–H groups in total. The summed E-state index contributed by atoms with van der Waals surface area (Å²) in [6.07, 6.45) is 2.61. The molecule has 1 aromatic carbocycles. The van der Waals surface area contributed by atoms with E-state index in [0.717, 1.165) is 25.9 Å². The van der Waals surface area contributed by atoms with E-state index in [0.29, 0.717) is 29.4 Å². The summed E-state index contributed by atoms with van der Waals surface area (Å²) in [5.74, 6) is 1.27. The molecular weight excluding hydrogens is 408 g/mol. The number of ether oxygens (including phenoxy) is 1. The van der Waals surface area contributed by atoms with E-state index in [1.807, 2.05) is 39.5 Å². The van der Waals surface area contributed by atoms with Gasteiger partial charge in [-0.25, -0.2) is 0 Å². The molecule has 8 nitrogen and oxygen atoms in total. The highest BCUT2D eigenvalue weighted by Gasteiger charge is 2.29. The third kappa shape index (κ3) is 6.08. The third-order valence-corrected chi connectivity index (χ3v) is 5.33. The van der Waals surface area contributed by atoms with Gasteiger partial charge in [0, 0.05) is 18.5 Å². The lowest BCUT2D eigenvalue weighted by Crippen LogP contribution is -2.48. The average molecular weight is 443 g/mol. The molecule has 0 spiro atoms. The Morgan fingerprint density at radius 2 is 1.88 bits per heavy atom. The lowest BCUT2D eigenvalue weighted by molar-refractivity contribution is -0.132. The Hall–Kier alpha value is -2.90. The van der Waals surface area contributed by atoms with Crippen molar-refractivity contribution in [1.29, 1.82) is 0 Å². The van der Waals surface area contributed by atoms with Gasteiger partial charge in [0.1, 0.15) is 11.8 Å². The van der Waals surface area contributed by atoms with Crippen molar-refractivity contribution in [2.75, 3.05) is 13.1 Å². The first-order valence-electron chi connectivity index (χ1n) is 11.3. The van der Waals surface area contributed by atoms with E-state index in [2.05, 4.69) is 15.5 Å². The maximum atomic E-state index is 13.1. The van der Waals surface area contributed by atoms with Crippen LogP contribution in [0.1, 0.15) is 76.0 Å². The van der Waals surface area contributed by atoms with Crippen molar-refractivity contribution in [2.24, 2.45) is 5.92 Å². The molecule has 8 heteroatoms. The van der Waals surface area contributed by atoms with Crippen LogP contribution in [0.4, 0.5) is 0 Å². The number of amides is 2. The van der Waals surface area contributed by atoms with Crippen molar-refractivity contribution in [3.63, 3.8) is 0 Å². The van der Waals surface area contributed by atoms with E-state index in [1.54, 1.807) is 24.3 Å². The van der Waals surface area contributed by atoms with Crippen molar-refractivity contribution in [3.05, 3.63) is 41.5 Å². The number of carbonyl (C=O) groups is 2. The van der Waals surface area contributed by atoms with Gasteiger partial charge in [0.05, 0.1) is 5.56 Å². The first kappa shape index (κ1) is 23.8. The van der Waals surface area contributed by atoms with E-state index in [4.69, 9.17) is 9.26 Å². The normalized spacial score (nSPS) is 15.1. The zero-order chi connectivity index (χ0) is 23.3. The van der Waals surface area contributed by atoms with Crippen molar-refractivity contribution in [1.82, 2.24) is 20.4 Å². The van der Waals surface area contributed by atoms with E-state index in [-0.39, 0.29) is 29.8 Å². The quantitative estimate of drug-likeness (QED) is 0.669. The van der Waals surface area contributed by atoms with Crippen LogP contribution in [0.5, 0.6) is 5.75 Å². The fraction of sp³-hybridized carbons (Fsp3) is 0.583. The Labute approximate surface area is 189 Å². The van der Waals surface area contributed by atoms with Crippen molar-refractivity contribution >= 4 is 11.8 Å². The Morgan fingerprint density at radius 1 is 1.19 bits per heavy atom. The molecule has 0 saturated carbocycles. The van der Waals surface area contributed by atoms with Crippen molar-refractivity contribution in [3.8, 4) is 5.75 Å². The lowest BCUT2D eigenvalue weighted by Gasteiger charge is -2.25. The molecule has 1 aliphatic heterocycles. The van der Waals surface area contributed by atoms with Crippen LogP contribution < -0.4 is 10.1 Å². The summed E-state index contributed by atoms with van der Waals surface area (Å²) in [6.45, 7) is 11.6. The average Bonchev–Trinajstić information content (AvgIpc) is 3.43. The van der Waals surface area contributed by atoms with Gasteiger partial charge >= 0.3 is 0 Å². The van der Waals surface area contributed by atoms with Gasteiger partial charge in [-0.1, -0.05) is 51.9 Å². The molecule has 2 heterocycles. The van der Waals surface area contributed by atoms with E-state index < -0.39 is 6.04 Å². The molecule has 1 aliphatic rings. The number of aromatic nitrogens is 2. The molecule has 2 aromatic rings. The molecule has 0 aliphatic carbocycles. The van der Waals surface area contributed by atoms with Gasteiger partial charge in [0.2, 0.25) is 17.6 Å². The van der Waals surface area contributed by atoms with Crippen LogP contribution in [0.25, 0.3) is 0 Å². The Bertz CT molecular complexity index is 926. The molecule has 3 rings (SSSR count). The molecular formula is C24H34N4O4. The first-order valence-corrected chi connectivity index (χ1v) is 11.3. The summed E-state index contributed by atoms with van der Waals surface area (Å²) >= 11 is 0. The minimum atomic E-state index is -0.555. The molecule has 0 unspecified atom stereocenters. The molecule has 1 fully saturated rings. The van der Waals surface area contributed by atoms with Crippen LogP contribution in [0.3, 0.4) is 0 Å². The Morgan fingerprint density at radius 3 is 2.50 bits per heavy atom. The van der Waals surface area contributed by atoms with Gasteiger partial charge in [0.25, 0.3) is 5.91 Å². The smallest absolute Gasteiger partial charge is 0.255 e. The van der Waals surface area contributed by atoms with Crippen LogP contribution in [-0.2, 0) is 16.8 Å². The summed E-state index contributed by atoms with van der Waals surface area (Å²) in [5.41, 5.74) is 0.117. The minimum absolute atomic E-state index is 0.00976. The molecule has 2 amide bonds. The fourth-order valence-corrected chi connectivity index (χ4v) is 3.63. The van der Waals surface area contributed by atoms with E-state index in [1.165, 1.54) is 0 Å². The predicted octanol–water partition coefficient (Wildman–Crippen LogP) is 3.71. The van der Waals surface area contributed by atoms with E-state index in [9.17, 15) is 9.59 Å². The van der Waals surface area contributed by atoms with Crippen LogP contribution in [-0.4, -0.2) is 46.0 Å². The zero-order valence-electron chi connectivity index (χ0n) is 19.7. The monoisotopic (exact) mass is 442 g/mol. The number of nitrogens with zero attached hydrogens (tertiary/aromatic N) is 3. The summed E-state index contributed by atoms with van der Waals surface area (Å²) < 4.78 is 11.1. The van der Waals surface area contributed by atoms with Crippen LogP contribution in [0, 0.1) is 5.92 Å². The number of rotatable bonds is 8. The standard InChI is InChI=1S/C24H34N4O4/c1-16(2)14-18(22(30)28-12-8-9-13-28)25-21(29)17-10-6-7-11-19(17)31-15-20-26-23(32-27-20)24(3,4)5/h6-7,10-11,16,18H,8-9,12-15H2,1-5H3,(H,25,29)/t18-/m1/s1. The molecule has 32 heavy (non-hydrogen) atoms. The van der Waals surface area contributed by atoms with Crippen LogP contribution in [0.2, 0.25) is 0 Å². The van der Waals surface area contributed by atoms with Crippen molar-refractivity contribution in [2.45, 2.75) is 71.9 Å². The van der Waals surface area contributed by atoms with Crippen LogP contribution in [0.15, 0.2) is 28.8 Å². The maximum absolute atomic E-state index is 13.1. The first-order chi connectivity index (χ1) is 15.1. The molecule has 174 valence electrons. The van der Waals surface area contributed by atoms with Gasteiger partial charge in [-0.15, -0.1) is 0 Å². The van der Waals surface area contributed by atoms with Gasteiger partial charge in [-0.05, 0) is 37.3 Å². The number of carbonyl (C=O) groups excluding carboxylic acids is 2.